The molecule has 1 atom stereocenters. The Balaban J connectivity index is 1.83. The summed E-state index contributed by atoms with van der Waals surface area (Å²) in [6, 6.07) is 11.1. The van der Waals surface area contributed by atoms with Crippen molar-refractivity contribution in [2.75, 3.05) is 7.11 Å². The lowest BCUT2D eigenvalue weighted by molar-refractivity contribution is -0.120. The highest BCUT2D eigenvalue weighted by atomic mass is 35.5. The minimum atomic E-state index is -3.92. The molecular formula is C17H16ClNO4S. The van der Waals surface area contributed by atoms with Crippen LogP contribution in [0.1, 0.15) is 23.5 Å². The van der Waals surface area contributed by atoms with E-state index >= 15 is 0 Å². The predicted octanol–water partition coefficient (Wildman–Crippen LogP) is 2.88. The first-order chi connectivity index (χ1) is 11.4. The summed E-state index contributed by atoms with van der Waals surface area (Å²) in [5.41, 5.74) is 1.78. The Morgan fingerprint density at radius 1 is 1.21 bits per heavy atom. The van der Waals surface area contributed by atoms with E-state index in [-0.39, 0.29) is 4.90 Å². The van der Waals surface area contributed by atoms with Crippen molar-refractivity contribution in [3.63, 3.8) is 0 Å². The fourth-order valence-corrected chi connectivity index (χ4v) is 4.11. The number of amides is 1. The van der Waals surface area contributed by atoms with Crippen molar-refractivity contribution in [3.8, 4) is 5.75 Å². The number of methoxy groups -OCH3 is 1. The number of benzene rings is 2. The van der Waals surface area contributed by atoms with Gasteiger partial charge in [0.1, 0.15) is 5.75 Å². The van der Waals surface area contributed by atoms with Gasteiger partial charge in [-0.1, -0.05) is 23.7 Å². The molecule has 1 aliphatic carbocycles. The summed E-state index contributed by atoms with van der Waals surface area (Å²) in [4.78, 5) is 12.5. The number of carbonyl (C=O) groups excluding carboxylic acids is 1. The van der Waals surface area contributed by atoms with E-state index in [1.807, 2.05) is 12.1 Å². The maximum Gasteiger partial charge on any atom is 0.264 e. The molecular weight excluding hydrogens is 350 g/mol. The van der Waals surface area contributed by atoms with Crippen molar-refractivity contribution in [2.45, 2.75) is 23.7 Å². The standard InChI is InChI=1S/C17H16ClNO4S/c1-23-16-4-2-3-13-14(16)9-10-15(13)17(20)19-24(21,22)12-7-5-11(18)6-8-12/h2-8,15H,9-10H2,1H3,(H,19,20). The Morgan fingerprint density at radius 2 is 1.92 bits per heavy atom. The first-order valence-electron chi connectivity index (χ1n) is 7.40. The molecule has 0 aliphatic heterocycles. The summed E-state index contributed by atoms with van der Waals surface area (Å²) < 4.78 is 32.2. The quantitative estimate of drug-likeness (QED) is 0.904. The van der Waals surface area contributed by atoms with E-state index in [1.54, 1.807) is 13.2 Å². The molecule has 1 aliphatic rings. The van der Waals surface area contributed by atoms with Crippen LogP contribution in [0, 0.1) is 0 Å². The molecule has 0 aromatic heterocycles. The van der Waals surface area contributed by atoms with Crippen molar-refractivity contribution in [1.29, 1.82) is 0 Å². The van der Waals surface area contributed by atoms with Crippen molar-refractivity contribution in [2.24, 2.45) is 0 Å². The zero-order valence-electron chi connectivity index (χ0n) is 13.0. The van der Waals surface area contributed by atoms with Crippen LogP contribution in [0.15, 0.2) is 47.4 Å². The van der Waals surface area contributed by atoms with Gasteiger partial charge in [-0.05, 0) is 54.3 Å². The molecule has 126 valence electrons. The fraction of sp³-hybridized carbons (Fsp3) is 0.235. The summed E-state index contributed by atoms with van der Waals surface area (Å²) in [6.45, 7) is 0. The topological polar surface area (TPSA) is 72.5 Å². The van der Waals surface area contributed by atoms with Crippen LogP contribution in [0.4, 0.5) is 0 Å². The summed E-state index contributed by atoms with van der Waals surface area (Å²) in [7, 11) is -2.34. The second kappa shape index (κ2) is 6.45. The minimum Gasteiger partial charge on any atom is -0.496 e. The molecule has 1 unspecified atom stereocenters. The minimum absolute atomic E-state index is 0.00381. The van der Waals surface area contributed by atoms with Gasteiger partial charge in [0.05, 0.1) is 17.9 Å². The molecule has 0 saturated heterocycles. The largest absolute Gasteiger partial charge is 0.496 e. The van der Waals surface area contributed by atoms with Crippen LogP contribution in [0.2, 0.25) is 5.02 Å². The van der Waals surface area contributed by atoms with Gasteiger partial charge in [0.2, 0.25) is 5.91 Å². The Hall–Kier alpha value is -2.05. The molecule has 7 heteroatoms. The molecule has 0 saturated carbocycles. The van der Waals surface area contributed by atoms with E-state index in [2.05, 4.69) is 4.72 Å². The van der Waals surface area contributed by atoms with Crippen molar-refractivity contribution >= 4 is 27.5 Å². The third kappa shape index (κ3) is 3.12. The number of hydrogen-bond acceptors (Lipinski definition) is 4. The normalized spacial score (nSPS) is 16.5. The number of nitrogens with one attached hydrogen (secondary N) is 1. The summed E-state index contributed by atoms with van der Waals surface area (Å²) >= 11 is 5.76. The van der Waals surface area contributed by atoms with Crippen molar-refractivity contribution < 1.29 is 17.9 Å². The highest BCUT2D eigenvalue weighted by Crippen LogP contribution is 2.38. The van der Waals surface area contributed by atoms with E-state index in [0.29, 0.717) is 17.9 Å². The molecule has 1 amide bonds. The summed E-state index contributed by atoms with van der Waals surface area (Å²) in [5.74, 6) is -0.308. The van der Waals surface area contributed by atoms with Crippen LogP contribution in [-0.2, 0) is 21.2 Å². The molecule has 0 spiro atoms. The Kier molecular flexibility index (Phi) is 4.51. The van der Waals surface area contributed by atoms with Crippen molar-refractivity contribution in [3.05, 3.63) is 58.6 Å². The lowest BCUT2D eigenvalue weighted by Gasteiger charge is -2.13. The Labute approximate surface area is 145 Å². The third-order valence-electron chi connectivity index (χ3n) is 4.12. The van der Waals surface area contributed by atoms with Crippen LogP contribution in [0.3, 0.4) is 0 Å². The number of carbonyl (C=O) groups is 1. The van der Waals surface area contributed by atoms with E-state index in [0.717, 1.165) is 16.9 Å². The highest BCUT2D eigenvalue weighted by Gasteiger charge is 2.32. The Morgan fingerprint density at radius 3 is 2.58 bits per heavy atom. The zero-order chi connectivity index (χ0) is 17.3. The van der Waals surface area contributed by atoms with Gasteiger partial charge in [-0.2, -0.15) is 0 Å². The van der Waals surface area contributed by atoms with E-state index in [4.69, 9.17) is 16.3 Å². The second-order valence-electron chi connectivity index (χ2n) is 5.54. The van der Waals surface area contributed by atoms with Gasteiger partial charge in [-0.25, -0.2) is 13.1 Å². The molecule has 0 heterocycles. The van der Waals surface area contributed by atoms with Crippen LogP contribution in [0.5, 0.6) is 5.75 Å². The maximum atomic E-state index is 12.5. The van der Waals surface area contributed by atoms with Crippen LogP contribution in [0.25, 0.3) is 0 Å². The van der Waals surface area contributed by atoms with Crippen LogP contribution < -0.4 is 9.46 Å². The number of rotatable bonds is 4. The average molecular weight is 366 g/mol. The fourth-order valence-electron chi connectivity index (χ4n) is 2.96. The number of sulfonamides is 1. The second-order valence-corrected chi connectivity index (χ2v) is 7.66. The van der Waals surface area contributed by atoms with E-state index in [9.17, 15) is 13.2 Å². The smallest absolute Gasteiger partial charge is 0.264 e. The lowest BCUT2D eigenvalue weighted by atomic mass is 10.0. The number of fused-ring (bicyclic) bond motifs is 1. The first kappa shape index (κ1) is 16.8. The summed E-state index contributed by atoms with van der Waals surface area (Å²) in [5, 5.41) is 0.428. The number of halogens is 1. The SMILES string of the molecule is COc1cccc2c1CCC2C(=O)NS(=O)(=O)c1ccc(Cl)cc1. The molecule has 0 fully saturated rings. The van der Waals surface area contributed by atoms with Gasteiger partial charge in [0.25, 0.3) is 10.0 Å². The van der Waals surface area contributed by atoms with Gasteiger partial charge in [0.15, 0.2) is 0 Å². The van der Waals surface area contributed by atoms with Gasteiger partial charge >= 0.3 is 0 Å². The van der Waals surface area contributed by atoms with Crippen molar-refractivity contribution in [1.82, 2.24) is 4.72 Å². The molecule has 2 aromatic rings. The molecule has 5 nitrogen and oxygen atoms in total. The lowest BCUT2D eigenvalue weighted by Crippen LogP contribution is -2.34. The molecule has 24 heavy (non-hydrogen) atoms. The molecule has 0 radical (unpaired) electrons. The molecule has 1 N–H and O–H groups in total. The molecule has 3 rings (SSSR count). The van der Waals surface area contributed by atoms with Gasteiger partial charge in [0, 0.05) is 5.02 Å². The van der Waals surface area contributed by atoms with Crippen LogP contribution in [-0.4, -0.2) is 21.4 Å². The van der Waals surface area contributed by atoms with Gasteiger partial charge in [-0.3, -0.25) is 4.79 Å². The average Bonchev–Trinajstić information content (AvgIpc) is 2.99. The van der Waals surface area contributed by atoms with Crippen LogP contribution >= 0.6 is 11.6 Å². The van der Waals surface area contributed by atoms with Gasteiger partial charge in [-0.15, -0.1) is 0 Å². The van der Waals surface area contributed by atoms with E-state index in [1.165, 1.54) is 24.3 Å². The zero-order valence-corrected chi connectivity index (χ0v) is 14.5. The predicted molar refractivity (Wildman–Crippen MR) is 90.8 cm³/mol. The maximum absolute atomic E-state index is 12.5. The summed E-state index contributed by atoms with van der Waals surface area (Å²) in [6.07, 6.45) is 1.23. The van der Waals surface area contributed by atoms with Gasteiger partial charge < -0.3 is 4.74 Å². The van der Waals surface area contributed by atoms with E-state index < -0.39 is 21.8 Å². The number of ether oxygens (including phenoxy) is 1. The third-order valence-corrected chi connectivity index (χ3v) is 5.74. The first-order valence-corrected chi connectivity index (χ1v) is 9.26. The molecule has 0 bridgehead atoms. The number of hydrogen-bond donors (Lipinski definition) is 1. The monoisotopic (exact) mass is 365 g/mol. The highest BCUT2D eigenvalue weighted by molar-refractivity contribution is 7.90. The Bertz CT molecular complexity index is 878. The molecule has 2 aromatic carbocycles.